The summed E-state index contributed by atoms with van der Waals surface area (Å²) in [7, 11) is 0. The lowest BCUT2D eigenvalue weighted by Gasteiger charge is -2.23. The molecule has 1 N–H and O–H groups in total. The van der Waals surface area contributed by atoms with E-state index in [4.69, 9.17) is 0 Å². The van der Waals surface area contributed by atoms with Crippen molar-refractivity contribution in [2.24, 2.45) is 5.92 Å². The number of pyridine rings is 1. The van der Waals surface area contributed by atoms with Crippen LogP contribution in [0, 0.1) is 5.92 Å². The zero-order chi connectivity index (χ0) is 13.9. The zero-order valence-corrected chi connectivity index (χ0v) is 12.4. The fraction of sp³-hybridized carbons (Fsp3) is 0.471. The van der Waals surface area contributed by atoms with Crippen LogP contribution >= 0.6 is 0 Å². The molecule has 1 aromatic heterocycles. The maximum Gasteiger partial charge on any atom is 0.0704 e. The highest BCUT2D eigenvalue weighted by Gasteiger charge is 2.12. The van der Waals surface area contributed by atoms with Gasteiger partial charge >= 0.3 is 0 Å². The van der Waals surface area contributed by atoms with Gasteiger partial charge in [0, 0.05) is 17.1 Å². The van der Waals surface area contributed by atoms with Crippen molar-refractivity contribution in [3.05, 3.63) is 42.1 Å². The summed E-state index contributed by atoms with van der Waals surface area (Å²) in [4.78, 5) is 4.42. The van der Waals surface area contributed by atoms with E-state index < -0.39 is 0 Å². The van der Waals surface area contributed by atoms with Crippen molar-refractivity contribution in [3.8, 4) is 0 Å². The van der Waals surface area contributed by atoms with E-state index in [1.807, 2.05) is 12.3 Å². The van der Waals surface area contributed by atoms with E-state index >= 15 is 0 Å². The summed E-state index contributed by atoms with van der Waals surface area (Å²) in [5.74, 6) is 0.616. The highest BCUT2D eigenvalue weighted by molar-refractivity contribution is 5.81. The number of hydrogen-bond donors (Lipinski definition) is 1. The first kappa shape index (κ1) is 14.0. The molecule has 0 spiro atoms. The molecule has 1 aromatic carbocycles. The fourth-order valence-electron chi connectivity index (χ4n) is 2.27. The Morgan fingerprint density at radius 3 is 2.68 bits per heavy atom. The maximum absolute atomic E-state index is 4.42. The molecular formula is C17H24N2. The lowest BCUT2D eigenvalue weighted by molar-refractivity contribution is 0.382. The monoisotopic (exact) mass is 256 g/mol. The number of nitrogens with one attached hydrogen (secondary N) is 1. The molecule has 0 saturated carbocycles. The van der Waals surface area contributed by atoms with Crippen LogP contribution < -0.4 is 5.32 Å². The Labute approximate surface area is 116 Å². The summed E-state index contributed by atoms with van der Waals surface area (Å²) in [5, 5.41) is 4.86. The topological polar surface area (TPSA) is 24.9 Å². The molecule has 1 heterocycles. The Hall–Kier alpha value is -1.41. The summed E-state index contributed by atoms with van der Waals surface area (Å²) < 4.78 is 0. The number of benzene rings is 1. The Morgan fingerprint density at radius 2 is 1.95 bits per heavy atom. The number of fused-ring (bicyclic) bond motifs is 1. The predicted molar refractivity (Wildman–Crippen MR) is 82.4 cm³/mol. The average Bonchev–Trinajstić information content (AvgIpc) is 2.36. The molecule has 0 aliphatic carbocycles. The third-order valence-electron chi connectivity index (χ3n) is 3.29. The minimum absolute atomic E-state index is 0.189. The van der Waals surface area contributed by atoms with Crippen LogP contribution in [0.25, 0.3) is 10.9 Å². The molecule has 2 nitrogen and oxygen atoms in total. The first-order chi connectivity index (χ1) is 8.96. The number of nitrogens with zero attached hydrogens (tertiary/aromatic N) is 1. The van der Waals surface area contributed by atoms with E-state index in [1.165, 1.54) is 10.9 Å². The lowest BCUT2D eigenvalue weighted by atomic mass is 9.96. The van der Waals surface area contributed by atoms with Crippen LogP contribution in [0.1, 0.15) is 33.3 Å². The SMILES string of the molecule is CC(CNC(C)(C)C)Cc1cccc2ncccc12. The largest absolute Gasteiger partial charge is 0.312 e. The van der Waals surface area contributed by atoms with Gasteiger partial charge in [0.1, 0.15) is 0 Å². The van der Waals surface area contributed by atoms with Crippen molar-refractivity contribution in [2.45, 2.75) is 39.7 Å². The molecule has 0 radical (unpaired) electrons. The Bertz CT molecular complexity index is 535. The van der Waals surface area contributed by atoms with Gasteiger partial charge in [0.25, 0.3) is 0 Å². The summed E-state index contributed by atoms with van der Waals surface area (Å²) in [6.07, 6.45) is 2.95. The van der Waals surface area contributed by atoms with E-state index in [-0.39, 0.29) is 5.54 Å². The van der Waals surface area contributed by atoms with Crippen LogP contribution in [0.4, 0.5) is 0 Å². The third kappa shape index (κ3) is 4.03. The number of hydrogen-bond acceptors (Lipinski definition) is 2. The minimum Gasteiger partial charge on any atom is -0.312 e. The maximum atomic E-state index is 4.42. The molecule has 0 bridgehead atoms. The van der Waals surface area contributed by atoms with Gasteiger partial charge in [-0.25, -0.2) is 0 Å². The zero-order valence-electron chi connectivity index (χ0n) is 12.4. The van der Waals surface area contributed by atoms with Gasteiger partial charge < -0.3 is 5.32 Å². The van der Waals surface area contributed by atoms with Crippen molar-refractivity contribution in [1.29, 1.82) is 0 Å². The van der Waals surface area contributed by atoms with Crippen molar-refractivity contribution < 1.29 is 0 Å². The molecule has 1 atom stereocenters. The quantitative estimate of drug-likeness (QED) is 0.900. The molecule has 0 fully saturated rings. The minimum atomic E-state index is 0.189. The third-order valence-corrected chi connectivity index (χ3v) is 3.29. The van der Waals surface area contributed by atoms with Gasteiger partial charge in [0.15, 0.2) is 0 Å². The molecule has 0 amide bonds. The van der Waals surface area contributed by atoms with E-state index in [0.29, 0.717) is 5.92 Å². The van der Waals surface area contributed by atoms with Crippen molar-refractivity contribution in [1.82, 2.24) is 10.3 Å². The normalized spacial score (nSPS) is 13.7. The van der Waals surface area contributed by atoms with Crippen molar-refractivity contribution in [3.63, 3.8) is 0 Å². The van der Waals surface area contributed by atoms with Crippen LogP contribution in [0.15, 0.2) is 36.5 Å². The first-order valence-electron chi connectivity index (χ1n) is 7.03. The highest BCUT2D eigenvalue weighted by atomic mass is 14.9. The van der Waals surface area contributed by atoms with Crippen LogP contribution in [-0.2, 0) is 6.42 Å². The van der Waals surface area contributed by atoms with Crippen LogP contribution in [0.3, 0.4) is 0 Å². The molecule has 19 heavy (non-hydrogen) atoms. The van der Waals surface area contributed by atoms with E-state index in [0.717, 1.165) is 18.5 Å². The molecule has 0 aliphatic rings. The molecule has 0 saturated heterocycles. The van der Waals surface area contributed by atoms with Gasteiger partial charge in [0.2, 0.25) is 0 Å². The summed E-state index contributed by atoms with van der Waals surface area (Å²) >= 11 is 0. The average molecular weight is 256 g/mol. The molecular weight excluding hydrogens is 232 g/mol. The second kappa shape index (κ2) is 5.70. The van der Waals surface area contributed by atoms with Crippen molar-refractivity contribution >= 4 is 10.9 Å². The fourth-order valence-corrected chi connectivity index (χ4v) is 2.27. The van der Waals surface area contributed by atoms with Gasteiger partial charge in [-0.3, -0.25) is 4.98 Å². The first-order valence-corrected chi connectivity index (χ1v) is 7.03. The molecule has 1 unspecified atom stereocenters. The lowest BCUT2D eigenvalue weighted by Crippen LogP contribution is -2.39. The molecule has 2 heteroatoms. The highest BCUT2D eigenvalue weighted by Crippen LogP contribution is 2.19. The Morgan fingerprint density at radius 1 is 1.16 bits per heavy atom. The second-order valence-electron chi connectivity index (χ2n) is 6.43. The van der Waals surface area contributed by atoms with E-state index in [2.05, 4.69) is 62.3 Å². The molecule has 102 valence electrons. The summed E-state index contributed by atoms with van der Waals surface area (Å²) in [5.41, 5.74) is 2.68. The van der Waals surface area contributed by atoms with Crippen LogP contribution in [0.2, 0.25) is 0 Å². The summed E-state index contributed by atoms with van der Waals surface area (Å²) in [6.45, 7) is 9.97. The van der Waals surface area contributed by atoms with Gasteiger partial charge in [0.05, 0.1) is 5.52 Å². The Balaban J connectivity index is 2.09. The van der Waals surface area contributed by atoms with Crippen LogP contribution in [-0.4, -0.2) is 17.1 Å². The van der Waals surface area contributed by atoms with Gasteiger partial charge in [-0.15, -0.1) is 0 Å². The van der Waals surface area contributed by atoms with E-state index in [9.17, 15) is 0 Å². The number of rotatable bonds is 4. The van der Waals surface area contributed by atoms with Crippen LogP contribution in [0.5, 0.6) is 0 Å². The Kier molecular flexibility index (Phi) is 4.20. The molecule has 0 aliphatic heterocycles. The van der Waals surface area contributed by atoms with Crippen molar-refractivity contribution in [2.75, 3.05) is 6.54 Å². The molecule has 2 aromatic rings. The predicted octanol–water partition coefficient (Wildman–Crippen LogP) is 3.80. The standard InChI is InChI=1S/C17H24N2/c1-13(12-19-17(2,3)4)11-14-7-5-9-16-15(14)8-6-10-18-16/h5-10,13,19H,11-12H2,1-4H3. The van der Waals surface area contributed by atoms with E-state index in [1.54, 1.807) is 0 Å². The van der Waals surface area contributed by atoms with Gasteiger partial charge in [-0.1, -0.05) is 25.1 Å². The number of aromatic nitrogens is 1. The van der Waals surface area contributed by atoms with Gasteiger partial charge in [-0.05, 0) is 57.4 Å². The second-order valence-corrected chi connectivity index (χ2v) is 6.43. The van der Waals surface area contributed by atoms with Gasteiger partial charge in [-0.2, -0.15) is 0 Å². The molecule has 2 rings (SSSR count). The summed E-state index contributed by atoms with van der Waals surface area (Å²) in [6, 6.07) is 10.6. The smallest absolute Gasteiger partial charge is 0.0704 e.